The molecule has 2 aromatic rings. The molecule has 0 saturated heterocycles. The van der Waals surface area contributed by atoms with Crippen LogP contribution in [-0.2, 0) is 13.1 Å². The fraction of sp³-hybridized carbons (Fsp3) is 0.308. The Morgan fingerprint density at radius 3 is 3.05 bits per heavy atom. The lowest BCUT2D eigenvalue weighted by Crippen LogP contribution is -2.38. The van der Waals surface area contributed by atoms with Crippen molar-refractivity contribution in [2.45, 2.75) is 13.1 Å². The van der Waals surface area contributed by atoms with Gasteiger partial charge in [-0.25, -0.2) is 9.97 Å². The smallest absolute Gasteiger partial charge is 0.258 e. The van der Waals surface area contributed by atoms with Gasteiger partial charge in [0, 0.05) is 43.2 Å². The number of rotatable bonds is 2. The molecule has 0 spiro atoms. The van der Waals surface area contributed by atoms with Gasteiger partial charge in [0.15, 0.2) is 0 Å². The molecule has 2 aromatic heterocycles. The molecule has 3 rings (SSSR count). The largest absolute Gasteiger partial charge is 0.372 e. The quantitative estimate of drug-likeness (QED) is 0.907. The molecule has 0 aromatic carbocycles. The standard InChI is InChI=1S/C13H14BrN5O/c1-15-12-10(6-9(14)7-17-12)13(20)19-5-4-18-3-2-16-11(18)8-19/h2-3,6-7H,4-5,8H2,1H3,(H,15,17). The van der Waals surface area contributed by atoms with Crippen LogP contribution in [0.15, 0.2) is 29.1 Å². The van der Waals surface area contributed by atoms with Crippen LogP contribution in [0, 0.1) is 0 Å². The summed E-state index contributed by atoms with van der Waals surface area (Å²) in [5.74, 6) is 1.48. The van der Waals surface area contributed by atoms with E-state index in [2.05, 4.69) is 35.8 Å². The van der Waals surface area contributed by atoms with Gasteiger partial charge in [-0.1, -0.05) is 0 Å². The molecule has 0 unspecified atom stereocenters. The van der Waals surface area contributed by atoms with Gasteiger partial charge in [0.05, 0.1) is 12.1 Å². The van der Waals surface area contributed by atoms with Gasteiger partial charge in [0.1, 0.15) is 11.6 Å². The molecular weight excluding hydrogens is 322 g/mol. The van der Waals surface area contributed by atoms with Crippen molar-refractivity contribution in [3.8, 4) is 0 Å². The molecule has 1 aliphatic heterocycles. The molecule has 1 aliphatic rings. The number of carbonyl (C=O) groups is 1. The Morgan fingerprint density at radius 1 is 1.40 bits per heavy atom. The molecule has 0 atom stereocenters. The number of amides is 1. The van der Waals surface area contributed by atoms with E-state index < -0.39 is 0 Å². The molecule has 0 fully saturated rings. The van der Waals surface area contributed by atoms with Crippen LogP contribution in [0.3, 0.4) is 0 Å². The van der Waals surface area contributed by atoms with E-state index in [1.807, 2.05) is 6.20 Å². The molecule has 0 radical (unpaired) electrons. The van der Waals surface area contributed by atoms with E-state index >= 15 is 0 Å². The van der Waals surface area contributed by atoms with E-state index in [9.17, 15) is 4.79 Å². The first-order valence-corrected chi connectivity index (χ1v) is 7.11. The maximum atomic E-state index is 12.7. The number of pyridine rings is 1. The van der Waals surface area contributed by atoms with Gasteiger partial charge in [0.25, 0.3) is 5.91 Å². The summed E-state index contributed by atoms with van der Waals surface area (Å²) in [7, 11) is 1.76. The number of imidazole rings is 1. The van der Waals surface area contributed by atoms with Crippen molar-refractivity contribution in [2.75, 3.05) is 18.9 Å². The van der Waals surface area contributed by atoms with Gasteiger partial charge in [-0.05, 0) is 22.0 Å². The zero-order valence-corrected chi connectivity index (χ0v) is 12.6. The first-order valence-electron chi connectivity index (χ1n) is 6.31. The maximum Gasteiger partial charge on any atom is 0.258 e. The number of hydrogen-bond acceptors (Lipinski definition) is 4. The Bertz CT molecular complexity index is 654. The van der Waals surface area contributed by atoms with E-state index in [1.165, 1.54) is 0 Å². The van der Waals surface area contributed by atoms with Crippen molar-refractivity contribution < 1.29 is 4.79 Å². The van der Waals surface area contributed by atoms with E-state index in [4.69, 9.17) is 0 Å². The van der Waals surface area contributed by atoms with Gasteiger partial charge in [-0.3, -0.25) is 4.79 Å². The molecule has 0 saturated carbocycles. The molecule has 7 heteroatoms. The minimum atomic E-state index is -0.0302. The number of halogens is 1. The SMILES string of the molecule is CNc1ncc(Br)cc1C(=O)N1CCn2ccnc2C1. The Balaban J connectivity index is 1.88. The molecule has 0 aliphatic carbocycles. The monoisotopic (exact) mass is 335 g/mol. The van der Waals surface area contributed by atoms with Crippen LogP contribution in [0.25, 0.3) is 0 Å². The van der Waals surface area contributed by atoms with Gasteiger partial charge < -0.3 is 14.8 Å². The van der Waals surface area contributed by atoms with Gasteiger partial charge >= 0.3 is 0 Å². The molecule has 20 heavy (non-hydrogen) atoms. The highest BCUT2D eigenvalue weighted by atomic mass is 79.9. The van der Waals surface area contributed by atoms with Gasteiger partial charge in [0.2, 0.25) is 0 Å². The third kappa shape index (κ3) is 2.29. The zero-order valence-electron chi connectivity index (χ0n) is 11.0. The molecular formula is C13H14BrN5O. The number of fused-ring (bicyclic) bond motifs is 1. The highest BCUT2D eigenvalue weighted by molar-refractivity contribution is 9.10. The third-order valence-electron chi connectivity index (χ3n) is 3.35. The Kier molecular flexibility index (Phi) is 3.43. The average molecular weight is 336 g/mol. The van der Waals surface area contributed by atoms with Crippen LogP contribution in [0.1, 0.15) is 16.2 Å². The summed E-state index contributed by atoms with van der Waals surface area (Å²) in [5.41, 5.74) is 0.571. The lowest BCUT2D eigenvalue weighted by Gasteiger charge is -2.28. The second-order valence-electron chi connectivity index (χ2n) is 4.56. The third-order valence-corrected chi connectivity index (χ3v) is 3.79. The second kappa shape index (κ2) is 5.24. The van der Waals surface area contributed by atoms with Crippen LogP contribution in [0.5, 0.6) is 0 Å². The summed E-state index contributed by atoms with van der Waals surface area (Å²) in [6, 6.07) is 1.79. The number of nitrogens with one attached hydrogen (secondary N) is 1. The van der Waals surface area contributed by atoms with Crippen molar-refractivity contribution in [1.29, 1.82) is 0 Å². The fourth-order valence-corrected chi connectivity index (χ4v) is 2.65. The second-order valence-corrected chi connectivity index (χ2v) is 5.48. The van der Waals surface area contributed by atoms with E-state index in [1.54, 1.807) is 30.4 Å². The normalized spacial score (nSPS) is 14.0. The average Bonchev–Trinajstić information content (AvgIpc) is 2.93. The summed E-state index contributed by atoms with van der Waals surface area (Å²) in [4.78, 5) is 22.9. The number of hydrogen-bond donors (Lipinski definition) is 1. The number of aromatic nitrogens is 3. The minimum absolute atomic E-state index is 0.0302. The van der Waals surface area contributed by atoms with Crippen molar-refractivity contribution in [2.24, 2.45) is 0 Å². The lowest BCUT2D eigenvalue weighted by molar-refractivity contribution is 0.0708. The molecule has 1 amide bonds. The summed E-state index contributed by atoms with van der Waals surface area (Å²) in [6.45, 7) is 1.98. The summed E-state index contributed by atoms with van der Waals surface area (Å²) in [6.07, 6.45) is 5.38. The zero-order chi connectivity index (χ0) is 14.1. The highest BCUT2D eigenvalue weighted by Gasteiger charge is 2.24. The van der Waals surface area contributed by atoms with E-state index in [0.29, 0.717) is 24.5 Å². The van der Waals surface area contributed by atoms with Crippen LogP contribution in [-0.4, -0.2) is 38.9 Å². The molecule has 104 valence electrons. The molecule has 1 N–H and O–H groups in total. The number of carbonyl (C=O) groups excluding carboxylic acids is 1. The van der Waals surface area contributed by atoms with Gasteiger partial charge in [-0.15, -0.1) is 0 Å². The summed E-state index contributed by atoms with van der Waals surface area (Å²) in [5, 5.41) is 2.96. The van der Waals surface area contributed by atoms with Crippen molar-refractivity contribution in [3.63, 3.8) is 0 Å². The van der Waals surface area contributed by atoms with E-state index in [-0.39, 0.29) is 5.91 Å². The first-order chi connectivity index (χ1) is 9.69. The maximum absolute atomic E-state index is 12.7. The Labute approximate surface area is 125 Å². The fourth-order valence-electron chi connectivity index (χ4n) is 2.32. The van der Waals surface area contributed by atoms with Crippen LogP contribution in [0.2, 0.25) is 0 Å². The predicted octanol–water partition coefficient (Wildman–Crippen LogP) is 1.74. The Morgan fingerprint density at radius 2 is 2.25 bits per heavy atom. The predicted molar refractivity (Wildman–Crippen MR) is 78.5 cm³/mol. The van der Waals surface area contributed by atoms with Crippen LogP contribution >= 0.6 is 15.9 Å². The van der Waals surface area contributed by atoms with Crippen LogP contribution in [0.4, 0.5) is 5.82 Å². The van der Waals surface area contributed by atoms with Crippen LogP contribution < -0.4 is 5.32 Å². The van der Waals surface area contributed by atoms with E-state index in [0.717, 1.165) is 16.8 Å². The highest BCUT2D eigenvalue weighted by Crippen LogP contribution is 2.21. The Hall–Kier alpha value is -1.89. The molecule has 3 heterocycles. The van der Waals surface area contributed by atoms with Gasteiger partial charge in [-0.2, -0.15) is 0 Å². The molecule has 0 bridgehead atoms. The van der Waals surface area contributed by atoms with Crippen molar-refractivity contribution >= 4 is 27.7 Å². The lowest BCUT2D eigenvalue weighted by atomic mass is 10.2. The summed E-state index contributed by atoms with van der Waals surface area (Å²) < 4.78 is 2.86. The molecule has 6 nitrogen and oxygen atoms in total. The summed E-state index contributed by atoms with van der Waals surface area (Å²) >= 11 is 3.36. The number of nitrogens with zero attached hydrogens (tertiary/aromatic N) is 4. The van der Waals surface area contributed by atoms with Crippen molar-refractivity contribution in [3.05, 3.63) is 40.5 Å². The minimum Gasteiger partial charge on any atom is -0.372 e. The first kappa shape index (κ1) is 13.1. The number of anilines is 1. The van der Waals surface area contributed by atoms with Crippen molar-refractivity contribution in [1.82, 2.24) is 19.4 Å². The topological polar surface area (TPSA) is 63.1 Å².